The van der Waals surface area contributed by atoms with E-state index < -0.39 is 11.2 Å². The van der Waals surface area contributed by atoms with E-state index >= 15 is 0 Å². The Bertz CT molecular complexity index is 1030. The molecular formula is C23H26N4O3. The number of carbonyl (C=O) groups is 1. The summed E-state index contributed by atoms with van der Waals surface area (Å²) in [5.74, 6) is -0.247. The smallest absolute Gasteiger partial charge is 0.269 e. The van der Waals surface area contributed by atoms with Gasteiger partial charge in [-0.25, -0.2) is 0 Å². The van der Waals surface area contributed by atoms with E-state index in [1.54, 1.807) is 16.8 Å². The van der Waals surface area contributed by atoms with Crippen LogP contribution in [-0.4, -0.2) is 26.2 Å². The van der Waals surface area contributed by atoms with Gasteiger partial charge < -0.3 is 4.79 Å². The fourth-order valence-corrected chi connectivity index (χ4v) is 3.86. The SMILES string of the molecule is [2H]C(=O)CC(CCCc1cn(C)nn1)C(c1ccc(C)cc1)c1ccc([N+](=O)[O-])cc1. The summed E-state index contributed by atoms with van der Waals surface area (Å²) in [5.41, 5.74) is 3.98. The van der Waals surface area contributed by atoms with Gasteiger partial charge in [0, 0.05) is 37.7 Å². The van der Waals surface area contributed by atoms with Crippen LogP contribution in [0.2, 0.25) is 0 Å². The van der Waals surface area contributed by atoms with Crippen molar-refractivity contribution in [2.45, 2.75) is 38.5 Å². The highest BCUT2D eigenvalue weighted by atomic mass is 16.6. The van der Waals surface area contributed by atoms with Crippen molar-refractivity contribution in [3.63, 3.8) is 0 Å². The van der Waals surface area contributed by atoms with Crippen molar-refractivity contribution < 1.29 is 11.1 Å². The fraction of sp³-hybridized carbons (Fsp3) is 0.348. The first-order valence-electron chi connectivity index (χ1n) is 10.5. The van der Waals surface area contributed by atoms with E-state index in [0.29, 0.717) is 0 Å². The van der Waals surface area contributed by atoms with Crippen LogP contribution < -0.4 is 0 Å². The Morgan fingerprint density at radius 1 is 1.17 bits per heavy atom. The second-order valence-electron chi connectivity index (χ2n) is 7.62. The monoisotopic (exact) mass is 407 g/mol. The van der Waals surface area contributed by atoms with E-state index in [1.807, 2.05) is 44.4 Å². The number of hydrogen-bond acceptors (Lipinski definition) is 5. The van der Waals surface area contributed by atoms with E-state index in [-0.39, 0.29) is 23.9 Å². The zero-order valence-electron chi connectivity index (χ0n) is 18.2. The molecule has 7 heteroatoms. The molecular weight excluding hydrogens is 380 g/mol. The molecule has 0 amide bonds. The van der Waals surface area contributed by atoms with Gasteiger partial charge in [0.2, 0.25) is 0 Å². The van der Waals surface area contributed by atoms with Gasteiger partial charge in [-0.3, -0.25) is 14.8 Å². The first-order chi connectivity index (χ1) is 14.8. The van der Waals surface area contributed by atoms with Gasteiger partial charge in [0.05, 0.1) is 10.6 Å². The molecule has 2 atom stereocenters. The molecule has 0 fully saturated rings. The minimum atomic E-state index is -0.608. The molecule has 0 N–H and O–H groups in total. The maximum absolute atomic E-state index is 11.8. The lowest BCUT2D eigenvalue weighted by molar-refractivity contribution is -0.384. The molecule has 1 aromatic heterocycles. The summed E-state index contributed by atoms with van der Waals surface area (Å²) in [5, 5.41) is 19.1. The summed E-state index contributed by atoms with van der Waals surface area (Å²) in [6.07, 6.45) is 3.64. The minimum absolute atomic E-state index is 0.0298. The molecule has 0 bridgehead atoms. The average molecular weight is 407 g/mol. The van der Waals surface area contributed by atoms with Gasteiger partial charge in [0.25, 0.3) is 5.69 Å². The van der Waals surface area contributed by atoms with Gasteiger partial charge in [0.1, 0.15) is 7.63 Å². The number of aromatic nitrogens is 3. The van der Waals surface area contributed by atoms with Crippen molar-refractivity contribution >= 4 is 11.9 Å². The summed E-state index contributed by atoms with van der Waals surface area (Å²) in [6, 6.07) is 14.6. The lowest BCUT2D eigenvalue weighted by Crippen LogP contribution is -2.16. The van der Waals surface area contributed by atoms with E-state index in [9.17, 15) is 14.9 Å². The van der Waals surface area contributed by atoms with Crippen LogP contribution in [0.15, 0.2) is 54.7 Å². The van der Waals surface area contributed by atoms with Crippen LogP contribution in [0.3, 0.4) is 0 Å². The van der Waals surface area contributed by atoms with Gasteiger partial charge in [0.15, 0.2) is 0 Å². The van der Waals surface area contributed by atoms with Gasteiger partial charge in [-0.15, -0.1) is 5.10 Å². The Balaban J connectivity index is 1.90. The molecule has 2 unspecified atom stereocenters. The summed E-state index contributed by atoms with van der Waals surface area (Å²) < 4.78 is 9.26. The summed E-state index contributed by atoms with van der Waals surface area (Å²) >= 11 is 0. The number of nitro benzene ring substituents is 1. The Morgan fingerprint density at radius 3 is 2.33 bits per heavy atom. The van der Waals surface area contributed by atoms with Crippen LogP contribution in [-0.2, 0) is 18.3 Å². The molecule has 2 aromatic carbocycles. The quantitative estimate of drug-likeness (QED) is 0.282. The van der Waals surface area contributed by atoms with Crippen molar-refractivity contribution in [3.05, 3.63) is 87.2 Å². The second kappa shape index (κ2) is 9.91. The Kier molecular flexibility index (Phi) is 6.59. The zero-order valence-corrected chi connectivity index (χ0v) is 17.2. The van der Waals surface area contributed by atoms with E-state index in [4.69, 9.17) is 1.37 Å². The Labute approximate surface area is 177 Å². The number of nitro groups is 1. The van der Waals surface area contributed by atoms with Crippen LogP contribution in [0.5, 0.6) is 0 Å². The van der Waals surface area contributed by atoms with Crippen molar-refractivity contribution in [3.8, 4) is 0 Å². The molecule has 0 radical (unpaired) electrons. The number of aldehydes is 1. The maximum Gasteiger partial charge on any atom is 0.269 e. The van der Waals surface area contributed by atoms with Crippen LogP contribution in [0, 0.1) is 23.0 Å². The third-order valence-corrected chi connectivity index (χ3v) is 5.37. The first-order valence-corrected chi connectivity index (χ1v) is 9.99. The van der Waals surface area contributed by atoms with Crippen molar-refractivity contribution in [2.75, 3.05) is 0 Å². The number of hydrogen-bond donors (Lipinski definition) is 0. The molecule has 0 saturated heterocycles. The highest BCUT2D eigenvalue weighted by molar-refractivity contribution is 5.51. The summed E-state index contributed by atoms with van der Waals surface area (Å²) in [6.45, 7) is 2.01. The number of non-ortho nitro benzene ring substituents is 1. The molecule has 0 aliphatic rings. The zero-order chi connectivity index (χ0) is 22.4. The predicted molar refractivity (Wildman–Crippen MR) is 114 cm³/mol. The molecule has 3 aromatic rings. The average Bonchev–Trinajstić information content (AvgIpc) is 3.14. The summed E-state index contributed by atoms with van der Waals surface area (Å²) in [7, 11) is 1.82. The molecule has 156 valence electrons. The third-order valence-electron chi connectivity index (χ3n) is 5.37. The maximum atomic E-state index is 11.8. The second-order valence-corrected chi connectivity index (χ2v) is 7.62. The van der Waals surface area contributed by atoms with Crippen molar-refractivity contribution in [2.24, 2.45) is 13.0 Å². The van der Waals surface area contributed by atoms with Gasteiger partial charge >= 0.3 is 0 Å². The largest absolute Gasteiger partial charge is 0.303 e. The summed E-state index contributed by atoms with van der Waals surface area (Å²) in [4.78, 5) is 22.5. The molecule has 7 nitrogen and oxygen atoms in total. The molecule has 0 saturated carbocycles. The molecule has 0 aliphatic heterocycles. The van der Waals surface area contributed by atoms with E-state index in [2.05, 4.69) is 10.3 Å². The highest BCUT2D eigenvalue weighted by Crippen LogP contribution is 2.37. The lowest BCUT2D eigenvalue weighted by Gasteiger charge is -2.27. The third kappa shape index (κ3) is 5.37. The molecule has 3 rings (SSSR count). The standard InChI is InChI=1S/C23H26N4O3/c1-17-6-8-19(9-7-17)23(20-10-12-22(13-11-20)27(29)30)18(14-15-28)4-3-5-21-16-26(2)25-24-21/h6-13,15-16,18,23H,3-5,14H2,1-2H3/i15D. The number of benzene rings is 2. The molecule has 1 heterocycles. The molecule has 0 aliphatic carbocycles. The normalized spacial score (nSPS) is 13.5. The topological polar surface area (TPSA) is 90.9 Å². The van der Waals surface area contributed by atoms with Crippen LogP contribution in [0.4, 0.5) is 5.69 Å². The van der Waals surface area contributed by atoms with Gasteiger partial charge in [-0.05, 0) is 43.2 Å². The highest BCUT2D eigenvalue weighted by Gasteiger charge is 2.25. The minimum Gasteiger partial charge on any atom is -0.303 e. The molecule has 30 heavy (non-hydrogen) atoms. The van der Waals surface area contributed by atoms with Crippen LogP contribution >= 0.6 is 0 Å². The molecule has 0 spiro atoms. The first kappa shape index (κ1) is 19.9. The Hall–Kier alpha value is -3.35. The van der Waals surface area contributed by atoms with Gasteiger partial charge in [-0.1, -0.05) is 47.2 Å². The van der Waals surface area contributed by atoms with Crippen molar-refractivity contribution in [1.82, 2.24) is 15.0 Å². The van der Waals surface area contributed by atoms with Gasteiger partial charge in [-0.2, -0.15) is 0 Å². The predicted octanol–water partition coefficient (Wildman–Crippen LogP) is 4.39. The van der Waals surface area contributed by atoms with E-state index in [0.717, 1.165) is 41.6 Å². The van der Waals surface area contributed by atoms with Crippen LogP contribution in [0.1, 0.15) is 48.9 Å². The van der Waals surface area contributed by atoms with E-state index in [1.165, 1.54) is 12.1 Å². The number of rotatable bonds is 10. The number of carbonyl (C=O) groups excluding carboxylic acids is 1. The number of nitrogens with zero attached hydrogens (tertiary/aromatic N) is 4. The number of aryl methyl sites for hydroxylation is 3. The van der Waals surface area contributed by atoms with Crippen LogP contribution in [0.25, 0.3) is 0 Å². The van der Waals surface area contributed by atoms with Crippen molar-refractivity contribution in [1.29, 1.82) is 0 Å². The Morgan fingerprint density at radius 2 is 1.80 bits per heavy atom. The lowest BCUT2D eigenvalue weighted by atomic mass is 9.76. The fourth-order valence-electron chi connectivity index (χ4n) is 3.86.